The van der Waals surface area contributed by atoms with Gasteiger partial charge in [-0.3, -0.25) is 14.5 Å². The van der Waals surface area contributed by atoms with E-state index in [4.69, 9.17) is 0 Å². The van der Waals surface area contributed by atoms with E-state index in [-0.39, 0.29) is 5.91 Å². The molecule has 0 spiro atoms. The first-order chi connectivity index (χ1) is 10.6. The van der Waals surface area contributed by atoms with Crippen LogP contribution >= 0.6 is 0 Å². The highest BCUT2D eigenvalue weighted by molar-refractivity contribution is 5.92. The number of nitrogens with one attached hydrogen (secondary N) is 1. The second-order valence-electron chi connectivity index (χ2n) is 5.77. The molecule has 2 aromatic rings. The van der Waals surface area contributed by atoms with Gasteiger partial charge < -0.3 is 5.32 Å². The number of hydrogen-bond acceptors (Lipinski definition) is 3. The van der Waals surface area contributed by atoms with Crippen LogP contribution in [0.4, 0.5) is 0 Å². The van der Waals surface area contributed by atoms with E-state index in [9.17, 15) is 4.79 Å². The van der Waals surface area contributed by atoms with Crippen molar-refractivity contribution in [2.45, 2.75) is 39.0 Å². The van der Waals surface area contributed by atoms with Gasteiger partial charge in [0.05, 0.1) is 5.69 Å². The number of unbranched alkanes of at least 4 members (excludes halogenated alkanes) is 1. The number of aryl methyl sites for hydroxylation is 2. The average Bonchev–Trinajstić information content (AvgIpc) is 2.90. The second kappa shape index (κ2) is 7.73. The Balaban J connectivity index is 1.74. The SMILES string of the molecule is CC(C)c1cc(C(=O)NCCCCc2ccccn2)n(C)n1. The first kappa shape index (κ1) is 16.2. The van der Waals surface area contributed by atoms with Gasteiger partial charge in [0.1, 0.15) is 5.69 Å². The summed E-state index contributed by atoms with van der Waals surface area (Å²) >= 11 is 0. The van der Waals surface area contributed by atoms with Crippen LogP contribution in [-0.4, -0.2) is 27.2 Å². The fraction of sp³-hybridized carbons (Fsp3) is 0.471. The molecule has 5 nitrogen and oxygen atoms in total. The number of amides is 1. The first-order valence-electron chi connectivity index (χ1n) is 7.80. The average molecular weight is 300 g/mol. The molecule has 0 aromatic carbocycles. The molecule has 0 saturated carbocycles. The second-order valence-corrected chi connectivity index (χ2v) is 5.77. The topological polar surface area (TPSA) is 59.8 Å². The molecule has 0 atom stereocenters. The minimum atomic E-state index is -0.0558. The Morgan fingerprint density at radius 3 is 2.77 bits per heavy atom. The van der Waals surface area contributed by atoms with Gasteiger partial charge in [-0.25, -0.2) is 0 Å². The molecule has 2 heterocycles. The number of carbonyl (C=O) groups excluding carboxylic acids is 1. The maximum atomic E-state index is 12.2. The van der Waals surface area contributed by atoms with Gasteiger partial charge in [0.2, 0.25) is 0 Å². The summed E-state index contributed by atoms with van der Waals surface area (Å²) in [5.74, 6) is 0.269. The number of aromatic nitrogens is 3. The monoisotopic (exact) mass is 300 g/mol. The molecule has 2 aromatic heterocycles. The van der Waals surface area contributed by atoms with Crippen LogP contribution in [0.25, 0.3) is 0 Å². The molecule has 0 fully saturated rings. The van der Waals surface area contributed by atoms with Crippen molar-refractivity contribution in [1.82, 2.24) is 20.1 Å². The van der Waals surface area contributed by atoms with Crippen LogP contribution in [-0.2, 0) is 13.5 Å². The standard InChI is InChI=1S/C17H24N4O/c1-13(2)15-12-16(21(3)20-15)17(22)19-11-7-5-9-14-8-4-6-10-18-14/h4,6,8,10,12-13H,5,7,9,11H2,1-3H3,(H,19,22). The van der Waals surface area contributed by atoms with Gasteiger partial charge in [-0.1, -0.05) is 19.9 Å². The third-order valence-electron chi connectivity index (χ3n) is 3.59. The summed E-state index contributed by atoms with van der Waals surface area (Å²) in [7, 11) is 1.81. The highest BCUT2D eigenvalue weighted by Gasteiger charge is 2.14. The summed E-state index contributed by atoms with van der Waals surface area (Å²) in [4.78, 5) is 16.4. The van der Waals surface area contributed by atoms with Crippen molar-refractivity contribution >= 4 is 5.91 Å². The highest BCUT2D eigenvalue weighted by atomic mass is 16.2. The molecule has 0 saturated heterocycles. The maximum absolute atomic E-state index is 12.2. The summed E-state index contributed by atoms with van der Waals surface area (Å²) < 4.78 is 1.65. The van der Waals surface area contributed by atoms with Crippen molar-refractivity contribution in [3.63, 3.8) is 0 Å². The van der Waals surface area contributed by atoms with Crippen LogP contribution in [0, 0.1) is 0 Å². The lowest BCUT2D eigenvalue weighted by Crippen LogP contribution is -2.26. The summed E-state index contributed by atoms with van der Waals surface area (Å²) in [6.45, 7) is 4.82. The minimum Gasteiger partial charge on any atom is -0.351 e. The van der Waals surface area contributed by atoms with Crippen molar-refractivity contribution in [2.24, 2.45) is 7.05 Å². The Hall–Kier alpha value is -2.17. The number of nitrogens with zero attached hydrogens (tertiary/aromatic N) is 3. The zero-order valence-electron chi connectivity index (χ0n) is 13.5. The maximum Gasteiger partial charge on any atom is 0.269 e. The normalized spacial score (nSPS) is 10.9. The van der Waals surface area contributed by atoms with E-state index in [2.05, 4.69) is 29.2 Å². The largest absolute Gasteiger partial charge is 0.351 e. The van der Waals surface area contributed by atoms with E-state index in [0.29, 0.717) is 18.2 Å². The van der Waals surface area contributed by atoms with Gasteiger partial charge in [-0.15, -0.1) is 0 Å². The molecule has 0 unspecified atom stereocenters. The van der Waals surface area contributed by atoms with Crippen LogP contribution in [0.3, 0.4) is 0 Å². The predicted molar refractivity (Wildman–Crippen MR) is 86.8 cm³/mol. The lowest BCUT2D eigenvalue weighted by Gasteiger charge is -2.05. The van der Waals surface area contributed by atoms with Crippen LogP contribution in [0.1, 0.15) is 54.5 Å². The van der Waals surface area contributed by atoms with Gasteiger partial charge >= 0.3 is 0 Å². The van der Waals surface area contributed by atoms with Crippen LogP contribution in [0.5, 0.6) is 0 Å². The predicted octanol–water partition coefficient (Wildman–Crippen LogP) is 2.69. The zero-order valence-corrected chi connectivity index (χ0v) is 13.5. The van der Waals surface area contributed by atoms with Crippen molar-refractivity contribution in [3.8, 4) is 0 Å². The third kappa shape index (κ3) is 4.41. The number of hydrogen-bond donors (Lipinski definition) is 1. The van der Waals surface area contributed by atoms with Gasteiger partial charge in [-0.2, -0.15) is 5.10 Å². The summed E-state index contributed by atoms with van der Waals surface area (Å²) in [5.41, 5.74) is 2.67. The Labute approximate surface area is 131 Å². The van der Waals surface area contributed by atoms with E-state index in [1.54, 1.807) is 4.68 Å². The Bertz CT molecular complexity index is 604. The number of carbonyl (C=O) groups is 1. The molecule has 22 heavy (non-hydrogen) atoms. The zero-order chi connectivity index (χ0) is 15.9. The Kier molecular flexibility index (Phi) is 5.69. The highest BCUT2D eigenvalue weighted by Crippen LogP contribution is 2.13. The first-order valence-corrected chi connectivity index (χ1v) is 7.80. The molecule has 5 heteroatoms. The van der Waals surface area contributed by atoms with E-state index < -0.39 is 0 Å². The van der Waals surface area contributed by atoms with Crippen molar-refractivity contribution in [1.29, 1.82) is 0 Å². The summed E-state index contributed by atoms with van der Waals surface area (Å²) in [6.07, 6.45) is 4.71. The Morgan fingerprint density at radius 1 is 1.32 bits per heavy atom. The van der Waals surface area contributed by atoms with E-state index in [1.165, 1.54) is 0 Å². The smallest absolute Gasteiger partial charge is 0.269 e. The van der Waals surface area contributed by atoms with Gasteiger partial charge in [0, 0.05) is 25.5 Å². The third-order valence-corrected chi connectivity index (χ3v) is 3.59. The summed E-state index contributed by atoms with van der Waals surface area (Å²) in [5, 5.41) is 7.32. The summed E-state index contributed by atoms with van der Waals surface area (Å²) in [6, 6.07) is 7.82. The molecule has 0 aliphatic rings. The molecule has 0 aliphatic carbocycles. The molecule has 0 bridgehead atoms. The van der Waals surface area contributed by atoms with Crippen molar-refractivity contribution in [2.75, 3.05) is 6.54 Å². The fourth-order valence-electron chi connectivity index (χ4n) is 2.25. The van der Waals surface area contributed by atoms with Crippen molar-refractivity contribution < 1.29 is 4.79 Å². The van der Waals surface area contributed by atoms with E-state index >= 15 is 0 Å². The van der Waals surface area contributed by atoms with Crippen molar-refractivity contribution in [3.05, 3.63) is 47.5 Å². The van der Waals surface area contributed by atoms with Gasteiger partial charge in [-0.05, 0) is 43.4 Å². The molecule has 0 aliphatic heterocycles. The Morgan fingerprint density at radius 2 is 2.14 bits per heavy atom. The molecular formula is C17H24N4O. The number of pyridine rings is 1. The molecule has 118 valence electrons. The lowest BCUT2D eigenvalue weighted by molar-refractivity contribution is 0.0943. The van der Waals surface area contributed by atoms with E-state index in [1.807, 2.05) is 37.5 Å². The van der Waals surface area contributed by atoms with E-state index in [0.717, 1.165) is 30.7 Å². The molecule has 2 rings (SSSR count). The van der Waals surface area contributed by atoms with Crippen LogP contribution in [0.15, 0.2) is 30.5 Å². The molecule has 1 amide bonds. The lowest BCUT2D eigenvalue weighted by atomic mass is 10.1. The molecular weight excluding hydrogens is 276 g/mol. The van der Waals surface area contributed by atoms with Crippen LogP contribution in [0.2, 0.25) is 0 Å². The van der Waals surface area contributed by atoms with Gasteiger partial charge in [0.25, 0.3) is 5.91 Å². The fourth-order valence-corrected chi connectivity index (χ4v) is 2.25. The van der Waals surface area contributed by atoms with Gasteiger partial charge in [0.15, 0.2) is 0 Å². The van der Waals surface area contributed by atoms with Crippen LogP contribution < -0.4 is 5.32 Å². The quantitative estimate of drug-likeness (QED) is 0.800. The molecule has 1 N–H and O–H groups in total. The molecule has 0 radical (unpaired) electrons. The number of rotatable bonds is 7. The minimum absolute atomic E-state index is 0.0558.